The highest BCUT2D eigenvalue weighted by atomic mass is 16.5. The number of nitrogens with one attached hydrogen (secondary N) is 1. The van der Waals surface area contributed by atoms with Gasteiger partial charge in [0.15, 0.2) is 0 Å². The topological polar surface area (TPSA) is 34.2 Å². The van der Waals surface area contributed by atoms with Crippen LogP contribution in [0.3, 0.4) is 0 Å². The van der Waals surface area contributed by atoms with Crippen molar-refractivity contribution < 1.29 is 4.74 Å². The highest BCUT2D eigenvalue weighted by Gasteiger charge is 2.03. The van der Waals surface area contributed by atoms with E-state index >= 15 is 0 Å². The zero-order valence-corrected chi connectivity index (χ0v) is 12.4. The molecular formula is C17H22N2O. The van der Waals surface area contributed by atoms with Crippen molar-refractivity contribution in [2.24, 2.45) is 0 Å². The first-order chi connectivity index (χ1) is 9.71. The van der Waals surface area contributed by atoms with Crippen molar-refractivity contribution >= 4 is 0 Å². The van der Waals surface area contributed by atoms with Crippen molar-refractivity contribution in [2.75, 3.05) is 6.54 Å². The van der Waals surface area contributed by atoms with Gasteiger partial charge in [-0.2, -0.15) is 0 Å². The fraction of sp³-hybridized carbons (Fsp3) is 0.353. The number of pyridine rings is 1. The summed E-state index contributed by atoms with van der Waals surface area (Å²) in [6.45, 7) is 8.02. The highest BCUT2D eigenvalue weighted by molar-refractivity contribution is 5.32. The van der Waals surface area contributed by atoms with Crippen LogP contribution in [0.1, 0.15) is 30.7 Å². The Kier molecular flexibility index (Phi) is 5.13. The van der Waals surface area contributed by atoms with Crippen molar-refractivity contribution in [3.63, 3.8) is 0 Å². The molecule has 1 aromatic heterocycles. The molecule has 106 valence electrons. The van der Waals surface area contributed by atoms with Crippen LogP contribution in [-0.4, -0.2) is 11.5 Å². The maximum Gasteiger partial charge on any atom is 0.219 e. The molecule has 0 saturated heterocycles. The monoisotopic (exact) mass is 270 g/mol. The largest absolute Gasteiger partial charge is 0.439 e. The molecule has 3 heteroatoms. The lowest BCUT2D eigenvalue weighted by Gasteiger charge is -2.09. The van der Waals surface area contributed by atoms with Crippen LogP contribution in [0.2, 0.25) is 0 Å². The number of rotatable bonds is 6. The Morgan fingerprint density at radius 2 is 1.80 bits per heavy atom. The number of ether oxygens (including phenoxy) is 1. The molecular weight excluding hydrogens is 248 g/mol. The predicted octanol–water partition coefficient (Wildman–Crippen LogP) is 3.85. The Labute approximate surface area is 121 Å². The van der Waals surface area contributed by atoms with Crippen LogP contribution in [0.5, 0.6) is 11.6 Å². The number of aromatic nitrogens is 1. The van der Waals surface area contributed by atoms with E-state index in [1.165, 1.54) is 11.1 Å². The first-order valence-corrected chi connectivity index (χ1v) is 7.16. The van der Waals surface area contributed by atoms with Gasteiger partial charge in [-0.25, -0.2) is 4.98 Å². The van der Waals surface area contributed by atoms with E-state index in [9.17, 15) is 0 Å². The molecule has 2 rings (SSSR count). The first kappa shape index (κ1) is 14.5. The molecule has 3 nitrogen and oxygen atoms in total. The molecule has 0 aliphatic carbocycles. The summed E-state index contributed by atoms with van der Waals surface area (Å²) in [7, 11) is 0. The lowest BCUT2D eigenvalue weighted by atomic mass is 10.2. The molecule has 0 radical (unpaired) electrons. The minimum absolute atomic E-state index is 0.655. The van der Waals surface area contributed by atoms with Crippen LogP contribution in [-0.2, 0) is 13.0 Å². The Balaban J connectivity index is 2.12. The molecule has 0 unspecified atom stereocenters. The molecule has 1 aromatic carbocycles. The molecule has 0 bridgehead atoms. The summed E-state index contributed by atoms with van der Waals surface area (Å²) in [5, 5.41) is 3.31. The number of hydrogen-bond acceptors (Lipinski definition) is 3. The summed E-state index contributed by atoms with van der Waals surface area (Å²) < 4.78 is 5.84. The molecule has 0 spiro atoms. The van der Waals surface area contributed by atoms with Gasteiger partial charge in [0, 0.05) is 18.3 Å². The van der Waals surface area contributed by atoms with Gasteiger partial charge in [-0.1, -0.05) is 26.0 Å². The lowest BCUT2D eigenvalue weighted by molar-refractivity contribution is 0.460. The summed E-state index contributed by atoms with van der Waals surface area (Å²) in [5.74, 6) is 1.48. The molecule has 20 heavy (non-hydrogen) atoms. The maximum atomic E-state index is 5.84. The van der Waals surface area contributed by atoms with E-state index in [1.54, 1.807) is 0 Å². The summed E-state index contributed by atoms with van der Waals surface area (Å²) in [6.07, 6.45) is 1.04. The first-order valence-electron chi connectivity index (χ1n) is 7.16. The fourth-order valence-corrected chi connectivity index (χ4v) is 2.04. The lowest BCUT2D eigenvalue weighted by Crippen LogP contribution is -2.12. The number of hydrogen-bond donors (Lipinski definition) is 1. The van der Waals surface area contributed by atoms with Gasteiger partial charge < -0.3 is 10.1 Å². The molecule has 0 saturated carbocycles. The minimum Gasteiger partial charge on any atom is -0.439 e. The van der Waals surface area contributed by atoms with E-state index in [0.717, 1.165) is 31.0 Å². The molecule has 0 amide bonds. The van der Waals surface area contributed by atoms with Crippen molar-refractivity contribution in [2.45, 2.75) is 33.7 Å². The van der Waals surface area contributed by atoms with E-state index in [-0.39, 0.29) is 0 Å². The molecule has 1 N–H and O–H groups in total. The van der Waals surface area contributed by atoms with Gasteiger partial charge in [0.2, 0.25) is 5.88 Å². The third-order valence-electron chi connectivity index (χ3n) is 3.12. The van der Waals surface area contributed by atoms with Crippen LogP contribution in [0.4, 0.5) is 0 Å². The van der Waals surface area contributed by atoms with Crippen LogP contribution >= 0.6 is 0 Å². The molecule has 2 aromatic rings. The fourth-order valence-electron chi connectivity index (χ4n) is 2.04. The molecule has 1 heterocycles. The van der Waals surface area contributed by atoms with Crippen molar-refractivity contribution in [1.29, 1.82) is 0 Å². The molecule has 0 aliphatic heterocycles. The predicted molar refractivity (Wildman–Crippen MR) is 82.2 cm³/mol. The van der Waals surface area contributed by atoms with E-state index in [0.29, 0.717) is 5.88 Å². The summed E-state index contributed by atoms with van der Waals surface area (Å²) in [5.41, 5.74) is 3.47. The summed E-state index contributed by atoms with van der Waals surface area (Å²) in [6, 6.07) is 12.2. The van der Waals surface area contributed by atoms with Crippen molar-refractivity contribution in [3.8, 4) is 11.6 Å². The second kappa shape index (κ2) is 7.06. The van der Waals surface area contributed by atoms with Crippen LogP contribution < -0.4 is 10.1 Å². The zero-order chi connectivity index (χ0) is 14.4. The van der Waals surface area contributed by atoms with Crippen LogP contribution in [0, 0.1) is 6.92 Å². The second-order valence-electron chi connectivity index (χ2n) is 4.83. The molecule has 0 aliphatic rings. The number of aryl methyl sites for hydroxylation is 2. The standard InChI is InChI=1S/C17H22N2O/c1-4-14-6-8-16(9-7-14)20-17-11-15(12-18-5-2)10-13(3)19-17/h6-11,18H,4-5,12H2,1-3H3. The maximum absolute atomic E-state index is 5.84. The van der Waals surface area contributed by atoms with E-state index in [4.69, 9.17) is 4.74 Å². The zero-order valence-electron chi connectivity index (χ0n) is 12.4. The summed E-state index contributed by atoms with van der Waals surface area (Å²) in [4.78, 5) is 4.43. The Bertz CT molecular complexity index is 549. The minimum atomic E-state index is 0.655. The van der Waals surface area contributed by atoms with Crippen LogP contribution in [0.25, 0.3) is 0 Å². The Hall–Kier alpha value is -1.87. The van der Waals surface area contributed by atoms with E-state index in [1.807, 2.05) is 25.1 Å². The highest BCUT2D eigenvalue weighted by Crippen LogP contribution is 2.21. The van der Waals surface area contributed by atoms with Crippen molar-refractivity contribution in [3.05, 3.63) is 53.2 Å². The third kappa shape index (κ3) is 4.07. The van der Waals surface area contributed by atoms with Gasteiger partial charge >= 0.3 is 0 Å². The summed E-state index contributed by atoms with van der Waals surface area (Å²) >= 11 is 0. The van der Waals surface area contributed by atoms with E-state index < -0.39 is 0 Å². The average Bonchev–Trinajstić information content (AvgIpc) is 2.45. The van der Waals surface area contributed by atoms with Crippen LogP contribution in [0.15, 0.2) is 36.4 Å². The molecule has 0 atom stereocenters. The Morgan fingerprint density at radius 1 is 1.05 bits per heavy atom. The third-order valence-corrected chi connectivity index (χ3v) is 3.12. The SMILES string of the molecule is CCNCc1cc(C)nc(Oc2ccc(CC)cc2)c1. The average molecular weight is 270 g/mol. The second-order valence-corrected chi connectivity index (χ2v) is 4.83. The molecule has 0 fully saturated rings. The van der Waals surface area contributed by atoms with E-state index in [2.05, 4.69) is 42.3 Å². The van der Waals surface area contributed by atoms with Gasteiger partial charge in [0.25, 0.3) is 0 Å². The van der Waals surface area contributed by atoms with Gasteiger partial charge in [0.05, 0.1) is 0 Å². The van der Waals surface area contributed by atoms with Gasteiger partial charge in [-0.05, 0) is 49.2 Å². The number of benzene rings is 1. The van der Waals surface area contributed by atoms with Crippen molar-refractivity contribution in [1.82, 2.24) is 10.3 Å². The smallest absolute Gasteiger partial charge is 0.219 e. The Morgan fingerprint density at radius 3 is 2.45 bits per heavy atom. The normalized spacial score (nSPS) is 10.6. The number of nitrogens with zero attached hydrogens (tertiary/aromatic N) is 1. The van der Waals surface area contributed by atoms with Gasteiger partial charge in [-0.3, -0.25) is 0 Å². The van der Waals surface area contributed by atoms with Gasteiger partial charge in [0.1, 0.15) is 5.75 Å². The van der Waals surface area contributed by atoms with Gasteiger partial charge in [-0.15, -0.1) is 0 Å². The quantitative estimate of drug-likeness (QED) is 0.865.